The lowest BCUT2D eigenvalue weighted by molar-refractivity contribution is 0.126. The largest absolute Gasteiger partial charge is 0.338 e. The molecule has 2 aromatic rings. The van der Waals surface area contributed by atoms with Gasteiger partial charge in [0.2, 0.25) is 0 Å². The molecule has 0 aromatic heterocycles. The Morgan fingerprint density at radius 3 is 2.41 bits per heavy atom. The van der Waals surface area contributed by atoms with Crippen LogP contribution >= 0.6 is 11.6 Å². The zero-order valence-electron chi connectivity index (χ0n) is 17.2. The molecule has 1 heterocycles. The van der Waals surface area contributed by atoms with Crippen LogP contribution in [-0.4, -0.2) is 67.0 Å². The van der Waals surface area contributed by atoms with E-state index >= 15 is 0 Å². The highest BCUT2D eigenvalue weighted by molar-refractivity contribution is 6.30. The second-order valence-electron chi connectivity index (χ2n) is 7.67. The maximum Gasteiger partial charge on any atom is 0.317 e. The molecule has 5 nitrogen and oxygen atoms in total. The monoisotopic (exact) mass is 414 g/mol. The van der Waals surface area contributed by atoms with E-state index in [9.17, 15) is 4.79 Å². The van der Waals surface area contributed by atoms with Gasteiger partial charge in [-0.15, -0.1) is 0 Å². The number of hydrogen-bond donors (Lipinski definition) is 1. The number of benzene rings is 2. The number of nitrogens with one attached hydrogen (secondary N) is 1. The second kappa shape index (κ2) is 11.2. The number of nitrogens with zero attached hydrogens (tertiary/aromatic N) is 3. The first-order chi connectivity index (χ1) is 14.1. The van der Waals surface area contributed by atoms with Gasteiger partial charge in [0.1, 0.15) is 0 Å². The van der Waals surface area contributed by atoms with E-state index in [1.165, 1.54) is 5.56 Å². The lowest BCUT2D eigenvalue weighted by Crippen LogP contribution is -2.46. The number of piperazine rings is 1. The highest BCUT2D eigenvalue weighted by atomic mass is 35.5. The Kier molecular flexibility index (Phi) is 8.35. The normalized spacial score (nSPS) is 15.2. The van der Waals surface area contributed by atoms with Crippen LogP contribution in [0.25, 0.3) is 0 Å². The lowest BCUT2D eigenvalue weighted by atomic mass is 10.2. The molecule has 6 heteroatoms. The van der Waals surface area contributed by atoms with Crippen molar-refractivity contribution < 1.29 is 4.79 Å². The van der Waals surface area contributed by atoms with Gasteiger partial charge in [0.05, 0.1) is 0 Å². The van der Waals surface area contributed by atoms with Gasteiger partial charge in [-0.2, -0.15) is 0 Å². The summed E-state index contributed by atoms with van der Waals surface area (Å²) >= 11 is 6.01. The average Bonchev–Trinajstić information content (AvgIpc) is 2.73. The SMILES string of the molecule is CN(Cc1cccc(Cl)c1)C(=O)NCCCN1CCN(Cc2ccccc2)CC1. The van der Waals surface area contributed by atoms with Crippen molar-refractivity contribution in [1.82, 2.24) is 20.0 Å². The third-order valence-electron chi connectivity index (χ3n) is 5.30. The van der Waals surface area contributed by atoms with Gasteiger partial charge in [-0.05, 0) is 36.2 Å². The number of rotatable bonds is 8. The standard InChI is InChI=1S/C23H31ClN4O/c1-26(18-21-9-5-10-22(24)17-21)23(29)25-11-6-12-27-13-15-28(16-14-27)19-20-7-3-2-4-8-20/h2-5,7-10,17H,6,11-16,18-19H2,1H3,(H,25,29). The van der Waals surface area contributed by atoms with Crippen LogP contribution in [0.1, 0.15) is 17.5 Å². The highest BCUT2D eigenvalue weighted by Crippen LogP contribution is 2.12. The summed E-state index contributed by atoms with van der Waals surface area (Å²) in [6.45, 7) is 7.69. The van der Waals surface area contributed by atoms with Crippen molar-refractivity contribution in [3.05, 3.63) is 70.7 Å². The van der Waals surface area contributed by atoms with Crippen molar-refractivity contribution in [2.24, 2.45) is 0 Å². The Morgan fingerprint density at radius 2 is 1.69 bits per heavy atom. The van der Waals surface area contributed by atoms with E-state index in [-0.39, 0.29) is 6.03 Å². The molecule has 0 unspecified atom stereocenters. The molecule has 0 radical (unpaired) electrons. The van der Waals surface area contributed by atoms with Crippen LogP contribution in [0.3, 0.4) is 0 Å². The van der Waals surface area contributed by atoms with E-state index in [0.29, 0.717) is 18.1 Å². The van der Waals surface area contributed by atoms with Crippen molar-refractivity contribution in [2.45, 2.75) is 19.5 Å². The molecule has 29 heavy (non-hydrogen) atoms. The van der Waals surface area contributed by atoms with Crippen molar-refractivity contribution in [3.63, 3.8) is 0 Å². The quantitative estimate of drug-likeness (QED) is 0.669. The summed E-state index contributed by atoms with van der Waals surface area (Å²) in [6.07, 6.45) is 0.968. The van der Waals surface area contributed by atoms with Crippen LogP contribution < -0.4 is 5.32 Å². The van der Waals surface area contributed by atoms with E-state index in [4.69, 9.17) is 11.6 Å². The van der Waals surface area contributed by atoms with Crippen LogP contribution in [0.5, 0.6) is 0 Å². The Balaban J connectivity index is 1.28. The summed E-state index contributed by atoms with van der Waals surface area (Å²) in [5.74, 6) is 0. The predicted octanol–water partition coefficient (Wildman–Crippen LogP) is 3.69. The molecule has 1 N–H and O–H groups in total. The topological polar surface area (TPSA) is 38.8 Å². The molecule has 1 saturated heterocycles. The van der Waals surface area contributed by atoms with Gasteiger partial charge in [-0.3, -0.25) is 4.90 Å². The first kappa shape index (κ1) is 21.6. The molecular formula is C23H31ClN4O. The van der Waals surface area contributed by atoms with Gasteiger partial charge < -0.3 is 15.1 Å². The van der Waals surface area contributed by atoms with Gasteiger partial charge in [0.15, 0.2) is 0 Å². The molecule has 1 aliphatic rings. The van der Waals surface area contributed by atoms with Crippen LogP contribution in [0, 0.1) is 0 Å². The van der Waals surface area contributed by atoms with Crippen LogP contribution in [0.4, 0.5) is 4.79 Å². The Labute approximate surface area is 179 Å². The summed E-state index contributed by atoms with van der Waals surface area (Å²) in [4.78, 5) is 19.0. The fraction of sp³-hybridized carbons (Fsp3) is 0.435. The molecule has 0 saturated carbocycles. The molecule has 2 amide bonds. The number of carbonyl (C=O) groups excluding carboxylic acids is 1. The third kappa shape index (κ3) is 7.35. The Bertz CT molecular complexity index is 762. The van der Waals surface area contributed by atoms with Crippen LogP contribution in [0.15, 0.2) is 54.6 Å². The maximum atomic E-state index is 12.3. The third-order valence-corrected chi connectivity index (χ3v) is 5.53. The number of halogens is 1. The summed E-state index contributed by atoms with van der Waals surface area (Å²) in [5.41, 5.74) is 2.41. The van der Waals surface area contributed by atoms with Crippen molar-refractivity contribution >= 4 is 17.6 Å². The second-order valence-corrected chi connectivity index (χ2v) is 8.11. The number of urea groups is 1. The Morgan fingerprint density at radius 1 is 1.00 bits per heavy atom. The molecule has 0 spiro atoms. The summed E-state index contributed by atoms with van der Waals surface area (Å²) in [5, 5.41) is 3.71. The molecule has 0 atom stereocenters. The van der Waals surface area contributed by atoms with Gasteiger partial charge in [-0.25, -0.2) is 4.79 Å². The minimum absolute atomic E-state index is 0.0438. The fourth-order valence-corrected chi connectivity index (χ4v) is 3.84. The van der Waals surface area contributed by atoms with Gasteiger partial charge in [0, 0.05) is 57.9 Å². The first-order valence-corrected chi connectivity index (χ1v) is 10.7. The maximum absolute atomic E-state index is 12.3. The minimum Gasteiger partial charge on any atom is -0.338 e. The van der Waals surface area contributed by atoms with Crippen molar-refractivity contribution in [3.8, 4) is 0 Å². The van der Waals surface area contributed by atoms with E-state index in [2.05, 4.69) is 45.4 Å². The number of hydrogen-bond acceptors (Lipinski definition) is 3. The molecule has 0 bridgehead atoms. The van der Waals surface area contributed by atoms with Gasteiger partial charge in [0.25, 0.3) is 0 Å². The smallest absolute Gasteiger partial charge is 0.317 e. The molecular weight excluding hydrogens is 384 g/mol. The summed E-state index contributed by atoms with van der Waals surface area (Å²) in [7, 11) is 1.81. The van der Waals surface area contributed by atoms with E-state index in [1.807, 2.05) is 31.3 Å². The fourth-order valence-electron chi connectivity index (χ4n) is 3.63. The molecule has 3 rings (SSSR count). The summed E-state index contributed by atoms with van der Waals surface area (Å²) < 4.78 is 0. The van der Waals surface area contributed by atoms with Gasteiger partial charge >= 0.3 is 6.03 Å². The highest BCUT2D eigenvalue weighted by Gasteiger charge is 2.16. The molecule has 2 aromatic carbocycles. The molecule has 1 aliphatic heterocycles. The average molecular weight is 415 g/mol. The van der Waals surface area contributed by atoms with Gasteiger partial charge in [-0.1, -0.05) is 54.1 Å². The number of amides is 2. The molecule has 0 aliphatic carbocycles. The predicted molar refractivity (Wildman–Crippen MR) is 119 cm³/mol. The van der Waals surface area contributed by atoms with E-state index < -0.39 is 0 Å². The first-order valence-electron chi connectivity index (χ1n) is 10.3. The molecule has 1 fully saturated rings. The van der Waals surface area contributed by atoms with Crippen LogP contribution in [-0.2, 0) is 13.1 Å². The zero-order chi connectivity index (χ0) is 20.5. The van der Waals surface area contributed by atoms with Crippen molar-refractivity contribution in [1.29, 1.82) is 0 Å². The van der Waals surface area contributed by atoms with Crippen LogP contribution in [0.2, 0.25) is 5.02 Å². The van der Waals surface area contributed by atoms with E-state index in [1.54, 1.807) is 4.90 Å². The zero-order valence-corrected chi connectivity index (χ0v) is 17.9. The lowest BCUT2D eigenvalue weighted by Gasteiger charge is -2.34. The van der Waals surface area contributed by atoms with Crippen molar-refractivity contribution in [2.75, 3.05) is 46.3 Å². The molecule has 156 valence electrons. The summed E-state index contributed by atoms with van der Waals surface area (Å²) in [6, 6.07) is 18.2. The van der Waals surface area contributed by atoms with E-state index in [0.717, 1.165) is 51.3 Å². The Hall–Kier alpha value is -2.08. The minimum atomic E-state index is -0.0438. The number of carbonyl (C=O) groups is 1.